The molecule has 1 amide bonds. The average molecular weight is 274 g/mol. The maximum atomic E-state index is 11.7. The first-order valence-corrected chi connectivity index (χ1v) is 6.77. The van der Waals surface area contributed by atoms with Crippen LogP contribution in [0.5, 0.6) is 5.75 Å². The SMILES string of the molecule is Cc1ccc(SCC(=O)Nc2ncccc2O)cc1. The Morgan fingerprint density at radius 3 is 2.74 bits per heavy atom. The average Bonchev–Trinajstić information content (AvgIpc) is 2.41. The second kappa shape index (κ2) is 6.24. The maximum Gasteiger partial charge on any atom is 0.235 e. The van der Waals surface area contributed by atoms with Crippen molar-refractivity contribution in [3.8, 4) is 5.75 Å². The lowest BCUT2D eigenvalue weighted by Gasteiger charge is -2.05. The first-order valence-electron chi connectivity index (χ1n) is 5.78. The van der Waals surface area contributed by atoms with Gasteiger partial charge in [-0.15, -0.1) is 11.8 Å². The summed E-state index contributed by atoms with van der Waals surface area (Å²) in [5.41, 5.74) is 1.19. The van der Waals surface area contributed by atoms with Crippen molar-refractivity contribution < 1.29 is 9.90 Å². The molecule has 2 N–H and O–H groups in total. The standard InChI is InChI=1S/C14H14N2O2S/c1-10-4-6-11(7-5-10)19-9-13(18)16-14-12(17)3-2-8-15-14/h2-8,17H,9H2,1H3,(H,15,16,18). The van der Waals surface area contributed by atoms with Crippen molar-refractivity contribution in [3.63, 3.8) is 0 Å². The number of nitrogens with zero attached hydrogens (tertiary/aromatic N) is 1. The maximum absolute atomic E-state index is 11.7. The van der Waals surface area contributed by atoms with Gasteiger partial charge in [-0.1, -0.05) is 17.7 Å². The Kier molecular flexibility index (Phi) is 4.41. The first-order chi connectivity index (χ1) is 9.15. The van der Waals surface area contributed by atoms with Gasteiger partial charge in [0.15, 0.2) is 11.6 Å². The highest BCUT2D eigenvalue weighted by Crippen LogP contribution is 2.21. The van der Waals surface area contributed by atoms with E-state index < -0.39 is 0 Å². The van der Waals surface area contributed by atoms with Crippen LogP contribution in [0.2, 0.25) is 0 Å². The number of anilines is 1. The van der Waals surface area contributed by atoms with Gasteiger partial charge in [0.05, 0.1) is 5.75 Å². The highest BCUT2D eigenvalue weighted by molar-refractivity contribution is 8.00. The Morgan fingerprint density at radius 2 is 2.05 bits per heavy atom. The second-order valence-electron chi connectivity index (χ2n) is 4.02. The van der Waals surface area contributed by atoms with E-state index in [4.69, 9.17) is 0 Å². The van der Waals surface area contributed by atoms with Crippen LogP contribution in [0, 0.1) is 6.92 Å². The van der Waals surface area contributed by atoms with Gasteiger partial charge in [0, 0.05) is 11.1 Å². The van der Waals surface area contributed by atoms with Gasteiger partial charge in [0.2, 0.25) is 5.91 Å². The van der Waals surface area contributed by atoms with Crippen molar-refractivity contribution in [1.82, 2.24) is 4.98 Å². The van der Waals surface area contributed by atoms with Crippen LogP contribution in [0.3, 0.4) is 0 Å². The van der Waals surface area contributed by atoms with E-state index in [9.17, 15) is 9.90 Å². The Hall–Kier alpha value is -2.01. The summed E-state index contributed by atoms with van der Waals surface area (Å²) in [7, 11) is 0. The van der Waals surface area contributed by atoms with Crippen LogP contribution in [0.15, 0.2) is 47.5 Å². The zero-order valence-electron chi connectivity index (χ0n) is 10.5. The van der Waals surface area contributed by atoms with Crippen molar-refractivity contribution in [2.75, 3.05) is 11.1 Å². The van der Waals surface area contributed by atoms with Gasteiger partial charge >= 0.3 is 0 Å². The summed E-state index contributed by atoms with van der Waals surface area (Å²) in [6, 6.07) is 11.1. The summed E-state index contributed by atoms with van der Waals surface area (Å²) in [6.45, 7) is 2.02. The van der Waals surface area contributed by atoms with E-state index in [0.29, 0.717) is 0 Å². The number of rotatable bonds is 4. The number of carbonyl (C=O) groups is 1. The summed E-state index contributed by atoms with van der Waals surface area (Å²) < 4.78 is 0. The van der Waals surface area contributed by atoms with Crippen LogP contribution in [-0.2, 0) is 4.79 Å². The minimum atomic E-state index is -0.195. The van der Waals surface area contributed by atoms with Crippen LogP contribution in [0.1, 0.15) is 5.56 Å². The monoisotopic (exact) mass is 274 g/mol. The largest absolute Gasteiger partial charge is 0.504 e. The molecule has 0 aliphatic heterocycles. The number of aromatic nitrogens is 1. The molecule has 0 radical (unpaired) electrons. The number of nitrogens with one attached hydrogen (secondary N) is 1. The van der Waals surface area contributed by atoms with Crippen LogP contribution in [0.25, 0.3) is 0 Å². The van der Waals surface area contributed by atoms with Crippen LogP contribution in [0.4, 0.5) is 5.82 Å². The van der Waals surface area contributed by atoms with Gasteiger partial charge in [-0.05, 0) is 31.2 Å². The van der Waals surface area contributed by atoms with Gasteiger partial charge in [-0.3, -0.25) is 4.79 Å². The topological polar surface area (TPSA) is 62.2 Å². The number of hydrogen-bond donors (Lipinski definition) is 2. The zero-order chi connectivity index (χ0) is 13.7. The van der Waals surface area contributed by atoms with Crippen LogP contribution >= 0.6 is 11.8 Å². The molecule has 0 saturated heterocycles. The molecular formula is C14H14N2O2S. The molecule has 2 rings (SSSR count). The molecule has 0 bridgehead atoms. The number of aromatic hydroxyl groups is 1. The quantitative estimate of drug-likeness (QED) is 0.842. The normalized spacial score (nSPS) is 10.2. The van der Waals surface area contributed by atoms with Crippen molar-refractivity contribution in [3.05, 3.63) is 48.2 Å². The molecular weight excluding hydrogens is 260 g/mol. The number of hydrogen-bond acceptors (Lipinski definition) is 4. The van der Waals surface area contributed by atoms with Crippen LogP contribution < -0.4 is 5.32 Å². The van der Waals surface area contributed by atoms with Crippen LogP contribution in [-0.4, -0.2) is 21.8 Å². The fraction of sp³-hybridized carbons (Fsp3) is 0.143. The zero-order valence-corrected chi connectivity index (χ0v) is 11.3. The Balaban J connectivity index is 1.88. The van der Waals surface area contributed by atoms with Crippen molar-refractivity contribution in [2.24, 2.45) is 0 Å². The molecule has 1 heterocycles. The highest BCUT2D eigenvalue weighted by Gasteiger charge is 2.07. The molecule has 98 valence electrons. The molecule has 1 aromatic carbocycles. The molecule has 0 unspecified atom stereocenters. The third-order valence-corrected chi connectivity index (χ3v) is 3.45. The molecule has 0 aliphatic carbocycles. The number of thioether (sulfide) groups is 1. The summed E-state index contributed by atoms with van der Waals surface area (Å²) in [5.74, 6) is 0.242. The predicted molar refractivity (Wildman–Crippen MR) is 76.4 cm³/mol. The van der Waals surface area contributed by atoms with Gasteiger partial charge in [-0.25, -0.2) is 4.98 Å². The Labute approximate surface area is 115 Å². The summed E-state index contributed by atoms with van der Waals surface area (Å²) >= 11 is 1.44. The minimum absolute atomic E-state index is 0.0313. The third kappa shape index (κ3) is 3.99. The van der Waals surface area contributed by atoms with Gasteiger partial charge < -0.3 is 10.4 Å². The van der Waals surface area contributed by atoms with Gasteiger partial charge in [0.25, 0.3) is 0 Å². The fourth-order valence-corrected chi connectivity index (χ4v) is 2.14. The summed E-state index contributed by atoms with van der Waals surface area (Å²) in [5, 5.41) is 12.1. The smallest absolute Gasteiger partial charge is 0.235 e. The second-order valence-corrected chi connectivity index (χ2v) is 5.07. The lowest BCUT2D eigenvalue weighted by molar-refractivity contribution is -0.113. The lowest BCUT2D eigenvalue weighted by Crippen LogP contribution is -2.14. The number of benzene rings is 1. The molecule has 0 saturated carbocycles. The lowest BCUT2D eigenvalue weighted by atomic mass is 10.2. The van der Waals surface area contributed by atoms with E-state index in [1.54, 1.807) is 6.07 Å². The van der Waals surface area contributed by atoms with Gasteiger partial charge in [0.1, 0.15) is 0 Å². The minimum Gasteiger partial charge on any atom is -0.504 e. The molecule has 0 spiro atoms. The molecule has 0 aliphatic rings. The third-order valence-electron chi connectivity index (χ3n) is 2.44. The fourth-order valence-electron chi connectivity index (χ4n) is 1.44. The van der Waals surface area contributed by atoms with Gasteiger partial charge in [-0.2, -0.15) is 0 Å². The molecule has 19 heavy (non-hydrogen) atoms. The van der Waals surface area contributed by atoms with E-state index in [0.717, 1.165) is 4.90 Å². The van der Waals surface area contributed by atoms with E-state index >= 15 is 0 Å². The number of pyridine rings is 1. The number of aryl methyl sites for hydroxylation is 1. The number of amides is 1. The van der Waals surface area contributed by atoms with E-state index in [2.05, 4.69) is 10.3 Å². The Morgan fingerprint density at radius 1 is 1.32 bits per heavy atom. The molecule has 5 heteroatoms. The van der Waals surface area contributed by atoms with Crippen molar-refractivity contribution in [2.45, 2.75) is 11.8 Å². The molecule has 4 nitrogen and oxygen atoms in total. The molecule has 0 fully saturated rings. The summed E-state index contributed by atoms with van der Waals surface area (Å²) in [4.78, 5) is 16.6. The highest BCUT2D eigenvalue weighted by atomic mass is 32.2. The Bertz CT molecular complexity index is 570. The summed E-state index contributed by atoms with van der Waals surface area (Å²) in [6.07, 6.45) is 1.52. The van der Waals surface area contributed by atoms with E-state index in [1.807, 2.05) is 31.2 Å². The predicted octanol–water partition coefficient (Wildman–Crippen LogP) is 2.83. The van der Waals surface area contributed by atoms with E-state index in [1.165, 1.54) is 29.6 Å². The molecule has 0 atom stereocenters. The molecule has 1 aromatic heterocycles. The van der Waals surface area contributed by atoms with Crippen molar-refractivity contribution >= 4 is 23.5 Å². The van der Waals surface area contributed by atoms with E-state index in [-0.39, 0.29) is 23.2 Å². The van der Waals surface area contributed by atoms with Crippen molar-refractivity contribution in [1.29, 1.82) is 0 Å². The first kappa shape index (κ1) is 13.4. The molecule has 2 aromatic rings. The number of carbonyl (C=O) groups excluding carboxylic acids is 1.